The summed E-state index contributed by atoms with van der Waals surface area (Å²) in [6.45, 7) is 8.62. The van der Waals surface area contributed by atoms with E-state index >= 15 is 0 Å². The van der Waals surface area contributed by atoms with Crippen molar-refractivity contribution in [3.63, 3.8) is 0 Å². The van der Waals surface area contributed by atoms with Crippen LogP contribution >= 0.6 is 0 Å². The number of benzene rings is 2. The molecule has 1 N–H and O–H groups in total. The van der Waals surface area contributed by atoms with E-state index < -0.39 is 0 Å². The molecule has 29 heavy (non-hydrogen) atoms. The van der Waals surface area contributed by atoms with Gasteiger partial charge in [-0.2, -0.15) is 0 Å². The molecule has 5 heteroatoms. The lowest BCUT2D eigenvalue weighted by molar-refractivity contribution is 0.0976. The van der Waals surface area contributed by atoms with Gasteiger partial charge in [0.05, 0.1) is 0 Å². The van der Waals surface area contributed by atoms with E-state index in [1.807, 2.05) is 35.2 Å². The zero-order valence-corrected chi connectivity index (χ0v) is 17.3. The van der Waals surface area contributed by atoms with Crippen molar-refractivity contribution in [1.29, 1.82) is 0 Å². The number of carbonyl (C=O) groups is 1. The Morgan fingerprint density at radius 2 is 1.79 bits per heavy atom. The highest BCUT2D eigenvalue weighted by Crippen LogP contribution is 2.33. The first-order chi connectivity index (χ1) is 13.8. The van der Waals surface area contributed by atoms with Crippen LogP contribution in [0.25, 0.3) is 0 Å². The van der Waals surface area contributed by atoms with Crippen LogP contribution in [0.5, 0.6) is 0 Å². The number of anilines is 3. The standard InChI is InChI=1S/C24H26N4O/c1-16-15-17-7-5-6-8-21(17)28(16)22(29)20-13-14-25-23(27-20)26-19-11-9-18(10-12-19)24(2,3)4/h5-14,16H,15H2,1-4H3,(H,25,26,27). The zero-order valence-electron chi connectivity index (χ0n) is 17.3. The summed E-state index contributed by atoms with van der Waals surface area (Å²) >= 11 is 0. The SMILES string of the molecule is CC1Cc2ccccc2N1C(=O)c1ccnc(Nc2ccc(C(C)(C)C)cc2)n1. The molecule has 1 amide bonds. The summed E-state index contributed by atoms with van der Waals surface area (Å²) < 4.78 is 0. The number of nitrogens with zero attached hydrogens (tertiary/aromatic N) is 3. The number of fused-ring (bicyclic) bond motifs is 1. The molecule has 1 unspecified atom stereocenters. The number of hydrogen-bond donors (Lipinski definition) is 1. The van der Waals surface area contributed by atoms with Crippen molar-refractivity contribution in [2.45, 2.75) is 45.6 Å². The number of hydrogen-bond acceptors (Lipinski definition) is 4. The molecule has 4 rings (SSSR count). The van der Waals surface area contributed by atoms with Crippen molar-refractivity contribution in [1.82, 2.24) is 9.97 Å². The summed E-state index contributed by atoms with van der Waals surface area (Å²) in [4.78, 5) is 23.8. The van der Waals surface area contributed by atoms with E-state index in [9.17, 15) is 4.79 Å². The number of aromatic nitrogens is 2. The second kappa shape index (κ2) is 7.32. The number of carbonyl (C=O) groups excluding carboxylic acids is 1. The van der Waals surface area contributed by atoms with Gasteiger partial charge in [-0.25, -0.2) is 9.97 Å². The first-order valence-corrected chi connectivity index (χ1v) is 9.95. The summed E-state index contributed by atoms with van der Waals surface area (Å²) in [5.41, 5.74) is 4.80. The molecular formula is C24H26N4O. The molecular weight excluding hydrogens is 360 g/mol. The van der Waals surface area contributed by atoms with Crippen molar-refractivity contribution in [2.75, 3.05) is 10.2 Å². The molecule has 0 saturated heterocycles. The lowest BCUT2D eigenvalue weighted by Gasteiger charge is -2.22. The Morgan fingerprint density at radius 3 is 2.52 bits per heavy atom. The average molecular weight is 386 g/mol. The molecule has 1 aliphatic rings. The van der Waals surface area contributed by atoms with Crippen LogP contribution in [0.2, 0.25) is 0 Å². The van der Waals surface area contributed by atoms with Gasteiger partial charge in [0.25, 0.3) is 5.91 Å². The van der Waals surface area contributed by atoms with Gasteiger partial charge >= 0.3 is 0 Å². The Labute approximate surface area is 171 Å². The molecule has 2 aromatic carbocycles. The average Bonchev–Trinajstić information content (AvgIpc) is 3.03. The minimum Gasteiger partial charge on any atom is -0.324 e. The fourth-order valence-electron chi connectivity index (χ4n) is 3.72. The van der Waals surface area contributed by atoms with Gasteiger partial charge in [0, 0.05) is 23.6 Å². The first-order valence-electron chi connectivity index (χ1n) is 9.95. The molecule has 0 aliphatic carbocycles. The summed E-state index contributed by atoms with van der Waals surface area (Å²) in [6, 6.07) is 18.0. The fourth-order valence-corrected chi connectivity index (χ4v) is 3.72. The van der Waals surface area contributed by atoms with Gasteiger partial charge in [-0.1, -0.05) is 51.1 Å². The summed E-state index contributed by atoms with van der Waals surface area (Å²) in [7, 11) is 0. The molecule has 1 aromatic heterocycles. The van der Waals surface area contributed by atoms with Gasteiger partial charge in [0.1, 0.15) is 5.69 Å². The number of para-hydroxylation sites is 1. The largest absolute Gasteiger partial charge is 0.324 e. The maximum absolute atomic E-state index is 13.2. The van der Waals surface area contributed by atoms with E-state index in [1.165, 1.54) is 11.1 Å². The van der Waals surface area contributed by atoms with E-state index in [4.69, 9.17) is 0 Å². The minimum atomic E-state index is -0.101. The topological polar surface area (TPSA) is 58.1 Å². The normalized spacial score (nSPS) is 15.9. The van der Waals surface area contributed by atoms with Crippen LogP contribution in [0.3, 0.4) is 0 Å². The predicted octanol–water partition coefficient (Wildman–Crippen LogP) is 5.11. The Hall–Kier alpha value is -3.21. The van der Waals surface area contributed by atoms with E-state index in [1.54, 1.807) is 12.3 Å². The molecule has 0 saturated carbocycles. The summed E-state index contributed by atoms with van der Waals surface area (Å²) in [5.74, 6) is 0.315. The van der Waals surface area contributed by atoms with Crippen LogP contribution in [-0.4, -0.2) is 21.9 Å². The summed E-state index contributed by atoms with van der Waals surface area (Å²) in [5, 5.41) is 3.21. The van der Waals surface area contributed by atoms with Crippen LogP contribution in [-0.2, 0) is 11.8 Å². The van der Waals surface area contributed by atoms with Gasteiger partial charge < -0.3 is 10.2 Å². The van der Waals surface area contributed by atoms with Crippen LogP contribution in [0.1, 0.15) is 49.3 Å². The molecule has 0 bridgehead atoms. The molecule has 0 spiro atoms. The van der Waals surface area contributed by atoms with Gasteiger partial charge in [-0.3, -0.25) is 4.79 Å². The van der Waals surface area contributed by atoms with E-state index in [2.05, 4.69) is 61.2 Å². The van der Waals surface area contributed by atoms with Gasteiger partial charge in [-0.15, -0.1) is 0 Å². The highest BCUT2D eigenvalue weighted by molar-refractivity contribution is 6.06. The van der Waals surface area contributed by atoms with Crippen molar-refractivity contribution in [3.8, 4) is 0 Å². The predicted molar refractivity (Wildman–Crippen MR) is 117 cm³/mol. The minimum absolute atomic E-state index is 0.101. The molecule has 3 aromatic rings. The lowest BCUT2D eigenvalue weighted by atomic mass is 9.87. The molecule has 5 nitrogen and oxygen atoms in total. The monoisotopic (exact) mass is 386 g/mol. The highest BCUT2D eigenvalue weighted by atomic mass is 16.2. The van der Waals surface area contributed by atoms with Crippen molar-refractivity contribution in [2.24, 2.45) is 0 Å². The third-order valence-electron chi connectivity index (χ3n) is 5.31. The molecule has 1 aliphatic heterocycles. The van der Waals surface area contributed by atoms with E-state index in [0.29, 0.717) is 11.6 Å². The van der Waals surface area contributed by atoms with E-state index in [-0.39, 0.29) is 17.4 Å². The number of rotatable bonds is 3. The smallest absolute Gasteiger partial charge is 0.277 e. The molecule has 148 valence electrons. The fraction of sp³-hybridized carbons (Fsp3) is 0.292. The Bertz CT molecular complexity index is 1040. The number of nitrogens with one attached hydrogen (secondary N) is 1. The third-order valence-corrected chi connectivity index (χ3v) is 5.31. The van der Waals surface area contributed by atoms with Crippen molar-refractivity contribution < 1.29 is 4.79 Å². The second-order valence-corrected chi connectivity index (χ2v) is 8.57. The maximum Gasteiger partial charge on any atom is 0.277 e. The zero-order chi connectivity index (χ0) is 20.6. The first kappa shape index (κ1) is 19.1. The highest BCUT2D eigenvalue weighted by Gasteiger charge is 2.32. The van der Waals surface area contributed by atoms with Crippen LogP contribution < -0.4 is 10.2 Å². The Kier molecular flexibility index (Phi) is 4.82. The van der Waals surface area contributed by atoms with Crippen LogP contribution in [0, 0.1) is 0 Å². The molecule has 2 heterocycles. The van der Waals surface area contributed by atoms with Gasteiger partial charge in [0.2, 0.25) is 5.95 Å². The number of amides is 1. The van der Waals surface area contributed by atoms with Gasteiger partial charge in [0.15, 0.2) is 0 Å². The maximum atomic E-state index is 13.2. The molecule has 1 atom stereocenters. The van der Waals surface area contributed by atoms with E-state index in [0.717, 1.165) is 17.8 Å². The third kappa shape index (κ3) is 3.86. The van der Waals surface area contributed by atoms with Crippen molar-refractivity contribution in [3.05, 3.63) is 77.6 Å². The molecule has 0 fully saturated rings. The quantitative estimate of drug-likeness (QED) is 0.680. The van der Waals surface area contributed by atoms with Gasteiger partial charge in [-0.05, 0) is 54.2 Å². The Balaban J connectivity index is 1.55. The Morgan fingerprint density at radius 1 is 1.07 bits per heavy atom. The second-order valence-electron chi connectivity index (χ2n) is 8.57. The summed E-state index contributed by atoms with van der Waals surface area (Å²) in [6.07, 6.45) is 2.48. The van der Waals surface area contributed by atoms with Crippen LogP contribution in [0.4, 0.5) is 17.3 Å². The van der Waals surface area contributed by atoms with Crippen molar-refractivity contribution >= 4 is 23.2 Å². The molecule has 0 radical (unpaired) electrons. The lowest BCUT2D eigenvalue weighted by Crippen LogP contribution is -2.36. The van der Waals surface area contributed by atoms with Crippen LogP contribution in [0.15, 0.2) is 60.8 Å².